The van der Waals surface area contributed by atoms with Gasteiger partial charge in [-0.1, -0.05) is 189 Å². The third-order valence-electron chi connectivity index (χ3n) is 14.7. The molecule has 0 amide bonds. The number of benzene rings is 9. The van der Waals surface area contributed by atoms with Gasteiger partial charge in [0.25, 0.3) is 0 Å². The van der Waals surface area contributed by atoms with E-state index >= 15 is 0 Å². The summed E-state index contributed by atoms with van der Waals surface area (Å²) in [7, 11) is 0. The minimum Gasteiger partial charge on any atom is -0.440 e. The molecule has 0 saturated carbocycles. The Bertz CT molecular complexity index is 3660. The first-order valence-electron chi connectivity index (χ1n) is 23.6. The number of anilines is 3. The zero-order chi connectivity index (χ0) is 44.6. The summed E-state index contributed by atoms with van der Waals surface area (Å²) in [5.74, 6) is 1.57. The van der Waals surface area contributed by atoms with Crippen LogP contribution in [0.5, 0.6) is 0 Å². The van der Waals surface area contributed by atoms with Gasteiger partial charge >= 0.3 is 0 Å². The van der Waals surface area contributed by atoms with E-state index in [-0.39, 0.29) is 5.41 Å². The maximum absolute atomic E-state index is 7.16. The Labute approximate surface area is 392 Å². The van der Waals surface area contributed by atoms with Crippen LogP contribution >= 0.6 is 0 Å². The number of hydrogen-bond donors (Lipinski definition) is 0. The molecule has 2 aliphatic rings. The van der Waals surface area contributed by atoms with E-state index in [0.29, 0.717) is 6.71 Å². The van der Waals surface area contributed by atoms with E-state index in [4.69, 9.17) is 4.42 Å². The van der Waals surface area contributed by atoms with Gasteiger partial charge in [-0.2, -0.15) is 0 Å². The quantitative estimate of drug-likeness (QED) is 0.142. The highest BCUT2D eigenvalue weighted by Crippen LogP contribution is 2.55. The molecule has 3 nitrogen and oxygen atoms in total. The predicted octanol–water partition coefficient (Wildman–Crippen LogP) is 15.7. The van der Waals surface area contributed by atoms with Crippen molar-refractivity contribution in [3.8, 4) is 50.4 Å². The lowest BCUT2D eigenvalue weighted by Crippen LogP contribution is -2.31. The lowest BCUT2D eigenvalue weighted by atomic mass is 9.43. The number of aromatic nitrogens is 1. The highest BCUT2D eigenvalue weighted by Gasteiger charge is 2.39. The first-order chi connectivity index (χ1) is 33.0. The van der Waals surface area contributed by atoms with Crippen molar-refractivity contribution in [2.75, 3.05) is 4.90 Å². The molecule has 4 heteroatoms. The normalized spacial score (nSPS) is 13.5. The van der Waals surface area contributed by atoms with Crippen LogP contribution < -0.4 is 10.4 Å². The van der Waals surface area contributed by atoms with Crippen molar-refractivity contribution in [2.45, 2.75) is 31.9 Å². The number of rotatable bonds is 8. The van der Waals surface area contributed by atoms with Gasteiger partial charge in [0.1, 0.15) is 5.76 Å². The minimum atomic E-state index is -0.231. The van der Waals surface area contributed by atoms with E-state index in [2.05, 4.69) is 248 Å². The molecule has 13 rings (SSSR count). The number of fused-ring (bicyclic) bond motifs is 7. The molecule has 9 aromatic carbocycles. The van der Waals surface area contributed by atoms with Gasteiger partial charge < -0.3 is 8.98 Å². The summed E-state index contributed by atoms with van der Waals surface area (Å²) < 4.78 is 9.52. The number of nitrogens with zero attached hydrogens (tertiary/aromatic N) is 2. The second kappa shape index (κ2) is 15.5. The highest BCUT2D eigenvalue weighted by atomic mass is 16.4. The Balaban J connectivity index is 1.000. The van der Waals surface area contributed by atoms with E-state index in [9.17, 15) is 0 Å². The molecule has 1 aliphatic carbocycles. The SMILES string of the molecule is CC1(C)c2ccccc2-c2c(-c3cccc4c3CB(c3ccccc3)C4)cc(N(c3ccc(-c4ccccc4)cc3)c3ccc(-c4ccc5c6ccccc6n(-c6ccccc6)c5c4)o3)cc21. The van der Waals surface area contributed by atoms with Gasteiger partial charge in [-0.3, -0.25) is 4.90 Å². The number of furan rings is 1. The number of para-hydroxylation sites is 2. The van der Waals surface area contributed by atoms with Crippen LogP contribution in [0.4, 0.5) is 17.3 Å². The third kappa shape index (κ3) is 6.42. The Morgan fingerprint density at radius 3 is 1.97 bits per heavy atom. The van der Waals surface area contributed by atoms with E-state index in [0.717, 1.165) is 52.4 Å². The molecule has 11 aromatic rings. The fourth-order valence-electron chi connectivity index (χ4n) is 11.4. The fourth-order valence-corrected chi connectivity index (χ4v) is 11.4. The van der Waals surface area contributed by atoms with Gasteiger partial charge in [0, 0.05) is 39.2 Å². The van der Waals surface area contributed by atoms with Crippen molar-refractivity contribution < 1.29 is 4.42 Å². The van der Waals surface area contributed by atoms with Crippen molar-refractivity contribution in [1.82, 2.24) is 4.57 Å². The summed E-state index contributed by atoms with van der Waals surface area (Å²) in [6.45, 7) is 5.23. The Morgan fingerprint density at radius 1 is 0.478 bits per heavy atom. The van der Waals surface area contributed by atoms with Crippen LogP contribution in [-0.2, 0) is 18.1 Å². The van der Waals surface area contributed by atoms with Gasteiger partial charge in [0.05, 0.1) is 16.7 Å². The molecule has 0 unspecified atom stereocenters. The van der Waals surface area contributed by atoms with Crippen LogP contribution in [-0.4, -0.2) is 11.3 Å². The Hall–Kier alpha value is -8.08. The first kappa shape index (κ1) is 39.3. The van der Waals surface area contributed by atoms with Crippen LogP contribution in [0.15, 0.2) is 229 Å². The molecule has 1 aliphatic heterocycles. The molecule has 2 aromatic heterocycles. The van der Waals surface area contributed by atoms with Gasteiger partial charge in [-0.15, -0.1) is 0 Å². The third-order valence-corrected chi connectivity index (χ3v) is 14.7. The van der Waals surface area contributed by atoms with Crippen molar-refractivity contribution in [2.24, 2.45) is 0 Å². The number of hydrogen-bond acceptors (Lipinski definition) is 2. The monoisotopic (exact) mass is 858 g/mol. The van der Waals surface area contributed by atoms with Crippen molar-refractivity contribution in [3.63, 3.8) is 0 Å². The van der Waals surface area contributed by atoms with Crippen LogP contribution in [0.25, 0.3) is 72.2 Å². The average Bonchev–Trinajstić information content (AvgIpc) is 4.17. The molecule has 0 radical (unpaired) electrons. The molecular weight excluding hydrogens is 812 g/mol. The lowest BCUT2D eigenvalue weighted by molar-refractivity contribution is 0.588. The molecule has 318 valence electrons. The van der Waals surface area contributed by atoms with Crippen LogP contribution in [0, 0.1) is 0 Å². The van der Waals surface area contributed by atoms with Crippen LogP contribution in [0.3, 0.4) is 0 Å². The summed E-state index contributed by atoms with van der Waals surface area (Å²) in [6, 6.07) is 82.0. The molecule has 67 heavy (non-hydrogen) atoms. The summed E-state index contributed by atoms with van der Waals surface area (Å²) in [4.78, 5) is 2.33. The Kier molecular flexibility index (Phi) is 9.11. The summed E-state index contributed by atoms with van der Waals surface area (Å²) >= 11 is 0. The fraction of sp³-hybridized carbons (Fsp3) is 0.0794. The van der Waals surface area contributed by atoms with E-state index in [1.54, 1.807) is 0 Å². The van der Waals surface area contributed by atoms with Gasteiger partial charge in [0.2, 0.25) is 5.88 Å². The smallest absolute Gasteiger partial charge is 0.205 e. The summed E-state index contributed by atoms with van der Waals surface area (Å²) in [5.41, 5.74) is 21.0. The molecule has 0 bridgehead atoms. The molecular formula is C63H47BN2O. The largest absolute Gasteiger partial charge is 0.440 e. The van der Waals surface area contributed by atoms with Crippen LogP contribution in [0.2, 0.25) is 0 Å². The molecule has 0 atom stereocenters. The maximum atomic E-state index is 7.16. The zero-order valence-corrected chi connectivity index (χ0v) is 37.7. The van der Waals surface area contributed by atoms with Gasteiger partial charge in [-0.05, 0) is 117 Å². The highest BCUT2D eigenvalue weighted by molar-refractivity contribution is 6.73. The maximum Gasteiger partial charge on any atom is 0.205 e. The van der Waals surface area contributed by atoms with Crippen LogP contribution in [0.1, 0.15) is 36.1 Å². The lowest BCUT2D eigenvalue weighted by Gasteiger charge is -2.28. The van der Waals surface area contributed by atoms with Crippen molar-refractivity contribution in [1.29, 1.82) is 0 Å². The van der Waals surface area contributed by atoms with E-state index in [1.807, 2.05) is 0 Å². The van der Waals surface area contributed by atoms with Gasteiger partial charge in [0.15, 0.2) is 6.71 Å². The summed E-state index contributed by atoms with van der Waals surface area (Å²) in [5, 5.41) is 2.45. The molecule has 0 N–H and O–H groups in total. The molecule has 3 heterocycles. The van der Waals surface area contributed by atoms with Crippen molar-refractivity contribution >= 4 is 51.2 Å². The second-order valence-corrected chi connectivity index (χ2v) is 18.9. The Morgan fingerprint density at radius 2 is 1.15 bits per heavy atom. The minimum absolute atomic E-state index is 0.231. The van der Waals surface area contributed by atoms with E-state index < -0.39 is 0 Å². The second-order valence-electron chi connectivity index (χ2n) is 18.9. The average molecular weight is 859 g/mol. The first-order valence-corrected chi connectivity index (χ1v) is 23.6. The summed E-state index contributed by atoms with van der Waals surface area (Å²) in [6.07, 6.45) is 2.06. The van der Waals surface area contributed by atoms with Crippen molar-refractivity contribution in [3.05, 3.63) is 247 Å². The predicted molar refractivity (Wildman–Crippen MR) is 281 cm³/mol. The molecule has 0 fully saturated rings. The zero-order valence-electron chi connectivity index (χ0n) is 37.7. The van der Waals surface area contributed by atoms with E-state index in [1.165, 1.54) is 77.4 Å². The topological polar surface area (TPSA) is 21.3 Å². The molecule has 0 saturated heterocycles. The standard InChI is InChI=1S/C63H47BN2O/c1-63(2)56-27-14-12-25-53(56)62-54(50-26-16-19-45-40-64(41-55(45)50)46-20-8-4-9-21-46)38-49(39-57(62)63)65(48-32-29-43(30-33-48)42-17-6-3-7-18-42)61-36-35-60(67-61)44-31-34-52-51-24-13-15-28-58(51)66(59(52)37-44)47-22-10-5-11-23-47/h3-39H,40-41H2,1-2H3. The van der Waals surface area contributed by atoms with Gasteiger partial charge in [-0.25, -0.2) is 0 Å². The molecule has 0 spiro atoms.